The summed E-state index contributed by atoms with van der Waals surface area (Å²) in [4.78, 5) is 0. The molecule has 1 unspecified atom stereocenters. The van der Waals surface area contributed by atoms with Crippen LogP contribution >= 0.6 is 0 Å². The average molecular weight is 272 g/mol. The van der Waals surface area contributed by atoms with E-state index in [2.05, 4.69) is 11.4 Å². The van der Waals surface area contributed by atoms with Crippen molar-refractivity contribution < 1.29 is 9.47 Å². The summed E-state index contributed by atoms with van der Waals surface area (Å²) in [6, 6.07) is 10.5. The number of nitriles is 1. The summed E-state index contributed by atoms with van der Waals surface area (Å²) in [5.41, 5.74) is -0.513. The lowest BCUT2D eigenvalue weighted by Gasteiger charge is -2.28. The lowest BCUT2D eigenvalue weighted by molar-refractivity contribution is 0.200. The van der Waals surface area contributed by atoms with Crippen molar-refractivity contribution >= 4 is 0 Å². The summed E-state index contributed by atoms with van der Waals surface area (Å²) in [5, 5.41) is 13.1. The van der Waals surface area contributed by atoms with Crippen LogP contribution in [0.15, 0.2) is 24.3 Å². The van der Waals surface area contributed by atoms with Crippen LogP contribution in [0.2, 0.25) is 0 Å². The summed E-state index contributed by atoms with van der Waals surface area (Å²) in [6.07, 6.45) is 4.61. The van der Waals surface area contributed by atoms with Gasteiger partial charge in [-0.3, -0.25) is 5.32 Å². The quantitative estimate of drug-likeness (QED) is 0.828. The summed E-state index contributed by atoms with van der Waals surface area (Å²) >= 11 is 0. The van der Waals surface area contributed by atoms with Gasteiger partial charge in [0.1, 0.15) is 23.6 Å². The van der Waals surface area contributed by atoms with E-state index in [0.29, 0.717) is 18.6 Å². The first kappa shape index (κ1) is 13.3. The van der Waals surface area contributed by atoms with Gasteiger partial charge in [0, 0.05) is 6.04 Å². The smallest absolute Gasteiger partial charge is 0.144 e. The number of nitrogens with one attached hydrogen (secondary N) is 1. The van der Waals surface area contributed by atoms with E-state index in [9.17, 15) is 5.26 Å². The molecule has 20 heavy (non-hydrogen) atoms. The number of rotatable bonds is 7. The summed E-state index contributed by atoms with van der Waals surface area (Å²) in [7, 11) is 1.64. The Kier molecular flexibility index (Phi) is 3.54. The minimum Gasteiger partial charge on any atom is -0.497 e. The minimum absolute atomic E-state index is 0.414. The summed E-state index contributed by atoms with van der Waals surface area (Å²) < 4.78 is 11.0. The molecule has 0 aliphatic heterocycles. The second-order valence-electron chi connectivity index (χ2n) is 5.74. The fraction of sp³-hybridized carbons (Fsp3) is 0.562. The Morgan fingerprint density at radius 3 is 2.35 bits per heavy atom. The normalized spacial score (nSPS) is 20.8. The van der Waals surface area contributed by atoms with E-state index in [1.165, 1.54) is 12.8 Å². The van der Waals surface area contributed by atoms with E-state index in [-0.39, 0.29) is 0 Å². The Morgan fingerprint density at radius 1 is 1.20 bits per heavy atom. The van der Waals surface area contributed by atoms with Crippen LogP contribution in [0.4, 0.5) is 0 Å². The largest absolute Gasteiger partial charge is 0.497 e. The molecule has 4 heteroatoms. The van der Waals surface area contributed by atoms with Gasteiger partial charge in [-0.2, -0.15) is 5.26 Å². The Balaban J connectivity index is 1.65. The monoisotopic (exact) mass is 272 g/mol. The highest BCUT2D eigenvalue weighted by atomic mass is 16.5. The van der Waals surface area contributed by atoms with Crippen LogP contribution in [0, 0.1) is 17.2 Å². The van der Waals surface area contributed by atoms with Gasteiger partial charge in [0.2, 0.25) is 0 Å². The average Bonchev–Trinajstić information content (AvgIpc) is 3.37. The van der Waals surface area contributed by atoms with Crippen molar-refractivity contribution in [1.82, 2.24) is 5.32 Å². The minimum atomic E-state index is -0.513. The Bertz CT molecular complexity index is 500. The topological polar surface area (TPSA) is 54.3 Å². The molecule has 106 valence electrons. The van der Waals surface area contributed by atoms with Gasteiger partial charge in [0.05, 0.1) is 13.2 Å². The van der Waals surface area contributed by atoms with E-state index in [1.807, 2.05) is 24.3 Å². The molecule has 1 atom stereocenters. The first-order valence-corrected chi connectivity index (χ1v) is 7.21. The SMILES string of the molecule is COc1ccc(OCC(C#N)(NC2CC2)C2CC2)cc1. The van der Waals surface area contributed by atoms with Crippen molar-refractivity contribution in [2.24, 2.45) is 5.92 Å². The first-order chi connectivity index (χ1) is 9.75. The molecular weight excluding hydrogens is 252 g/mol. The van der Waals surface area contributed by atoms with Crippen molar-refractivity contribution in [3.63, 3.8) is 0 Å². The standard InChI is InChI=1S/C16H20N2O2/c1-19-14-6-8-15(9-7-14)20-11-16(10-17,12-2-3-12)18-13-4-5-13/h6-9,12-13,18H,2-5,11H2,1H3. The van der Waals surface area contributed by atoms with E-state index < -0.39 is 5.54 Å². The number of hydrogen-bond acceptors (Lipinski definition) is 4. The van der Waals surface area contributed by atoms with Crippen LogP contribution in [-0.2, 0) is 0 Å². The molecule has 2 fully saturated rings. The van der Waals surface area contributed by atoms with Crippen LogP contribution in [-0.4, -0.2) is 25.3 Å². The zero-order valence-electron chi connectivity index (χ0n) is 11.8. The van der Waals surface area contributed by atoms with Crippen molar-refractivity contribution in [3.05, 3.63) is 24.3 Å². The highest BCUT2D eigenvalue weighted by Gasteiger charge is 2.49. The second kappa shape index (κ2) is 5.34. The van der Waals surface area contributed by atoms with Crippen molar-refractivity contribution in [1.29, 1.82) is 5.26 Å². The molecule has 0 aromatic heterocycles. The zero-order valence-corrected chi connectivity index (χ0v) is 11.8. The molecule has 0 radical (unpaired) electrons. The predicted molar refractivity (Wildman–Crippen MR) is 75.7 cm³/mol. The Morgan fingerprint density at radius 2 is 1.85 bits per heavy atom. The highest BCUT2D eigenvalue weighted by molar-refractivity contribution is 5.31. The van der Waals surface area contributed by atoms with E-state index in [1.54, 1.807) is 7.11 Å². The Labute approximate surface area is 119 Å². The Hall–Kier alpha value is -1.73. The molecule has 2 saturated carbocycles. The predicted octanol–water partition coefficient (Wildman–Crippen LogP) is 2.50. The summed E-state index contributed by atoms with van der Waals surface area (Å²) in [5.74, 6) is 2.03. The maximum atomic E-state index is 9.61. The van der Waals surface area contributed by atoms with E-state index >= 15 is 0 Å². The zero-order chi connectivity index (χ0) is 14.0. The third-order valence-electron chi connectivity index (χ3n) is 4.04. The third-order valence-corrected chi connectivity index (χ3v) is 4.04. The number of methoxy groups -OCH3 is 1. The van der Waals surface area contributed by atoms with Gasteiger partial charge < -0.3 is 9.47 Å². The number of benzene rings is 1. The van der Waals surface area contributed by atoms with Crippen molar-refractivity contribution in [2.45, 2.75) is 37.3 Å². The molecule has 0 saturated heterocycles. The summed E-state index contributed by atoms with van der Waals surface area (Å²) in [6.45, 7) is 0.414. The van der Waals surface area contributed by atoms with E-state index in [0.717, 1.165) is 24.3 Å². The molecule has 1 aromatic carbocycles. The third kappa shape index (κ3) is 2.88. The van der Waals surface area contributed by atoms with Crippen molar-refractivity contribution in [2.75, 3.05) is 13.7 Å². The maximum Gasteiger partial charge on any atom is 0.144 e. The molecular formula is C16H20N2O2. The first-order valence-electron chi connectivity index (χ1n) is 7.21. The highest BCUT2D eigenvalue weighted by Crippen LogP contribution is 2.41. The molecule has 2 aliphatic carbocycles. The van der Waals surface area contributed by atoms with Gasteiger partial charge in [-0.15, -0.1) is 0 Å². The number of hydrogen-bond donors (Lipinski definition) is 1. The second-order valence-corrected chi connectivity index (χ2v) is 5.74. The molecule has 1 N–H and O–H groups in total. The van der Waals surface area contributed by atoms with Crippen LogP contribution in [0.25, 0.3) is 0 Å². The van der Waals surface area contributed by atoms with Gasteiger partial charge in [-0.25, -0.2) is 0 Å². The molecule has 0 heterocycles. The van der Waals surface area contributed by atoms with Crippen LogP contribution in [0.3, 0.4) is 0 Å². The van der Waals surface area contributed by atoms with Gasteiger partial charge in [-0.1, -0.05) is 0 Å². The van der Waals surface area contributed by atoms with Crippen LogP contribution < -0.4 is 14.8 Å². The molecule has 0 amide bonds. The van der Waals surface area contributed by atoms with Gasteiger partial charge >= 0.3 is 0 Å². The molecule has 4 nitrogen and oxygen atoms in total. The van der Waals surface area contributed by atoms with Crippen LogP contribution in [0.5, 0.6) is 11.5 Å². The van der Waals surface area contributed by atoms with Crippen LogP contribution in [0.1, 0.15) is 25.7 Å². The fourth-order valence-electron chi connectivity index (χ4n) is 2.47. The van der Waals surface area contributed by atoms with Crippen molar-refractivity contribution in [3.8, 4) is 17.6 Å². The molecule has 3 rings (SSSR count). The molecule has 2 aliphatic rings. The van der Waals surface area contributed by atoms with Gasteiger partial charge in [0.25, 0.3) is 0 Å². The molecule has 1 aromatic rings. The molecule has 0 bridgehead atoms. The number of ether oxygens (including phenoxy) is 2. The maximum absolute atomic E-state index is 9.61. The van der Waals surface area contributed by atoms with Gasteiger partial charge in [0.15, 0.2) is 0 Å². The fourth-order valence-corrected chi connectivity index (χ4v) is 2.47. The lowest BCUT2D eigenvalue weighted by atomic mass is 9.96. The van der Waals surface area contributed by atoms with E-state index in [4.69, 9.17) is 9.47 Å². The number of nitrogens with zero attached hydrogens (tertiary/aromatic N) is 1. The lowest BCUT2D eigenvalue weighted by Crippen LogP contribution is -2.52. The molecule has 0 spiro atoms. The van der Waals surface area contributed by atoms with Gasteiger partial charge in [-0.05, 0) is 55.9 Å².